The van der Waals surface area contributed by atoms with E-state index in [4.69, 9.17) is 5.73 Å². The first-order valence-corrected chi connectivity index (χ1v) is 3.19. The molecule has 2 heterocycles. The van der Waals surface area contributed by atoms with Gasteiger partial charge in [0, 0.05) is 7.05 Å². The molecule has 0 atom stereocenters. The second-order valence-corrected chi connectivity index (χ2v) is 2.29. The van der Waals surface area contributed by atoms with Crippen molar-refractivity contribution in [3.63, 3.8) is 0 Å². The number of hydrogen-bond donors (Lipinski definition) is 2. The Labute approximate surface area is 67.7 Å². The van der Waals surface area contributed by atoms with Gasteiger partial charge in [0.25, 0.3) is 0 Å². The SMILES string of the molecule is [CH2]n1cnc2c(O)nc(N)nc21. The van der Waals surface area contributed by atoms with E-state index in [2.05, 4.69) is 22.0 Å². The van der Waals surface area contributed by atoms with E-state index < -0.39 is 0 Å². The predicted octanol–water partition coefficient (Wildman–Crippen LogP) is -0.246. The lowest BCUT2D eigenvalue weighted by molar-refractivity contribution is 0.459. The summed E-state index contributed by atoms with van der Waals surface area (Å²) in [7, 11) is 3.59. The third-order valence-electron chi connectivity index (χ3n) is 1.46. The van der Waals surface area contributed by atoms with Gasteiger partial charge in [-0.3, -0.25) is 0 Å². The summed E-state index contributed by atoms with van der Waals surface area (Å²) in [6, 6.07) is 0. The molecule has 2 aromatic rings. The van der Waals surface area contributed by atoms with E-state index >= 15 is 0 Å². The average molecular weight is 164 g/mol. The van der Waals surface area contributed by atoms with E-state index in [1.165, 1.54) is 10.9 Å². The zero-order chi connectivity index (χ0) is 8.72. The summed E-state index contributed by atoms with van der Waals surface area (Å²) in [5, 5.41) is 9.23. The van der Waals surface area contributed by atoms with E-state index in [1.54, 1.807) is 0 Å². The fraction of sp³-hybridized carbons (Fsp3) is 0. The smallest absolute Gasteiger partial charge is 0.244 e. The van der Waals surface area contributed by atoms with E-state index in [1.807, 2.05) is 0 Å². The van der Waals surface area contributed by atoms with Crippen LogP contribution in [-0.2, 0) is 0 Å². The third-order valence-corrected chi connectivity index (χ3v) is 1.46. The van der Waals surface area contributed by atoms with E-state index in [9.17, 15) is 5.11 Å². The Kier molecular flexibility index (Phi) is 1.18. The third kappa shape index (κ3) is 0.777. The van der Waals surface area contributed by atoms with Gasteiger partial charge in [-0.05, 0) is 0 Å². The molecule has 3 N–H and O–H groups in total. The Morgan fingerprint density at radius 1 is 1.50 bits per heavy atom. The van der Waals surface area contributed by atoms with Crippen molar-refractivity contribution in [2.75, 3.05) is 5.73 Å². The molecule has 2 rings (SSSR count). The van der Waals surface area contributed by atoms with Gasteiger partial charge < -0.3 is 15.4 Å². The average Bonchev–Trinajstić information content (AvgIpc) is 2.33. The second kappa shape index (κ2) is 2.07. The number of aromatic nitrogens is 4. The predicted molar refractivity (Wildman–Crippen MR) is 42.2 cm³/mol. The molecule has 1 radical (unpaired) electrons. The fourth-order valence-corrected chi connectivity index (χ4v) is 0.946. The van der Waals surface area contributed by atoms with Crippen LogP contribution in [0.5, 0.6) is 5.88 Å². The van der Waals surface area contributed by atoms with Gasteiger partial charge in [-0.15, -0.1) is 0 Å². The van der Waals surface area contributed by atoms with Gasteiger partial charge >= 0.3 is 0 Å². The zero-order valence-corrected chi connectivity index (χ0v) is 6.10. The number of imidazole rings is 1. The number of nitrogen functional groups attached to an aromatic ring is 1. The molecule has 0 aliphatic rings. The lowest BCUT2D eigenvalue weighted by atomic mass is 10.5. The maximum absolute atomic E-state index is 9.23. The Bertz CT molecular complexity index is 435. The molecule has 0 unspecified atom stereocenters. The van der Waals surface area contributed by atoms with Gasteiger partial charge in [0.2, 0.25) is 11.8 Å². The summed E-state index contributed by atoms with van der Waals surface area (Å²) in [5.41, 5.74) is 6.02. The Hall–Kier alpha value is -1.85. The number of anilines is 1. The first kappa shape index (κ1) is 6.84. The largest absolute Gasteiger partial charge is 0.492 e. The minimum Gasteiger partial charge on any atom is -0.492 e. The van der Waals surface area contributed by atoms with Crippen molar-refractivity contribution in [2.45, 2.75) is 0 Å². The van der Waals surface area contributed by atoms with Gasteiger partial charge in [-0.25, -0.2) is 4.98 Å². The van der Waals surface area contributed by atoms with Crippen LogP contribution in [0.1, 0.15) is 0 Å². The zero-order valence-electron chi connectivity index (χ0n) is 6.10. The van der Waals surface area contributed by atoms with Crippen LogP contribution in [0.25, 0.3) is 11.2 Å². The van der Waals surface area contributed by atoms with Crippen molar-refractivity contribution < 1.29 is 5.11 Å². The molecule has 61 valence electrons. The number of rotatable bonds is 0. The van der Waals surface area contributed by atoms with Crippen LogP contribution >= 0.6 is 0 Å². The standard InChI is InChI=1S/C6H6N5O/c1-11-2-8-3-4(11)9-6(7)10-5(3)12/h2H,1H2,(H3,7,9,10,12). The van der Waals surface area contributed by atoms with E-state index in [-0.39, 0.29) is 11.8 Å². The molecule has 0 fully saturated rings. The van der Waals surface area contributed by atoms with E-state index in [0.29, 0.717) is 11.2 Å². The minimum atomic E-state index is -0.222. The number of fused-ring (bicyclic) bond motifs is 1. The topological polar surface area (TPSA) is 89.8 Å². The molecule has 2 aromatic heterocycles. The molecule has 0 amide bonds. The van der Waals surface area contributed by atoms with Crippen molar-refractivity contribution in [3.8, 4) is 5.88 Å². The molecule has 0 saturated carbocycles. The number of hydrogen-bond acceptors (Lipinski definition) is 5. The van der Waals surface area contributed by atoms with Crippen LogP contribution in [0.15, 0.2) is 6.33 Å². The Morgan fingerprint density at radius 2 is 2.25 bits per heavy atom. The molecular formula is C6H6N5O. The molecule has 0 aromatic carbocycles. The van der Waals surface area contributed by atoms with Gasteiger partial charge in [0.15, 0.2) is 11.2 Å². The van der Waals surface area contributed by atoms with Crippen LogP contribution in [0.4, 0.5) is 5.95 Å². The molecule has 6 heteroatoms. The van der Waals surface area contributed by atoms with Crippen molar-refractivity contribution >= 4 is 17.1 Å². The van der Waals surface area contributed by atoms with Gasteiger partial charge in [0.1, 0.15) is 0 Å². The summed E-state index contributed by atoms with van der Waals surface area (Å²) in [6.07, 6.45) is 1.43. The summed E-state index contributed by atoms with van der Waals surface area (Å²) >= 11 is 0. The van der Waals surface area contributed by atoms with Crippen molar-refractivity contribution in [1.29, 1.82) is 0 Å². The highest BCUT2D eigenvalue weighted by atomic mass is 16.3. The van der Waals surface area contributed by atoms with Crippen molar-refractivity contribution in [1.82, 2.24) is 19.5 Å². The molecule has 0 aliphatic carbocycles. The molecule has 12 heavy (non-hydrogen) atoms. The van der Waals surface area contributed by atoms with Crippen molar-refractivity contribution in [2.24, 2.45) is 0 Å². The highest BCUT2D eigenvalue weighted by molar-refractivity contribution is 5.77. The summed E-state index contributed by atoms with van der Waals surface area (Å²) in [4.78, 5) is 11.2. The Morgan fingerprint density at radius 3 is 3.00 bits per heavy atom. The first-order valence-electron chi connectivity index (χ1n) is 3.19. The molecule has 0 spiro atoms. The molecule has 6 nitrogen and oxygen atoms in total. The quantitative estimate of drug-likeness (QED) is 0.560. The molecular weight excluding hydrogens is 158 g/mol. The van der Waals surface area contributed by atoms with Gasteiger partial charge in [-0.1, -0.05) is 0 Å². The molecule has 0 saturated heterocycles. The minimum absolute atomic E-state index is 0.00500. The van der Waals surface area contributed by atoms with Crippen LogP contribution in [0, 0.1) is 7.05 Å². The lowest BCUT2D eigenvalue weighted by Crippen LogP contribution is -1.96. The summed E-state index contributed by atoms with van der Waals surface area (Å²) in [5.74, 6) is -0.217. The van der Waals surface area contributed by atoms with Crippen LogP contribution in [0.3, 0.4) is 0 Å². The number of nitrogens with zero attached hydrogens (tertiary/aromatic N) is 4. The van der Waals surface area contributed by atoms with Gasteiger partial charge in [-0.2, -0.15) is 9.97 Å². The van der Waals surface area contributed by atoms with E-state index in [0.717, 1.165) is 0 Å². The highest BCUT2D eigenvalue weighted by Crippen LogP contribution is 2.18. The van der Waals surface area contributed by atoms with Crippen molar-refractivity contribution in [3.05, 3.63) is 13.4 Å². The van der Waals surface area contributed by atoms with Crippen LogP contribution < -0.4 is 5.73 Å². The van der Waals surface area contributed by atoms with Crippen LogP contribution in [-0.4, -0.2) is 24.6 Å². The monoisotopic (exact) mass is 164 g/mol. The molecule has 0 bridgehead atoms. The molecule has 0 aliphatic heterocycles. The summed E-state index contributed by atoms with van der Waals surface area (Å²) in [6.45, 7) is 0. The Balaban J connectivity index is 2.92. The highest BCUT2D eigenvalue weighted by Gasteiger charge is 2.08. The van der Waals surface area contributed by atoms with Gasteiger partial charge in [0.05, 0.1) is 6.33 Å². The fourth-order valence-electron chi connectivity index (χ4n) is 0.946. The number of nitrogens with two attached hydrogens (primary N) is 1. The maximum Gasteiger partial charge on any atom is 0.244 e. The lowest BCUT2D eigenvalue weighted by Gasteiger charge is -1.95. The normalized spacial score (nSPS) is 10.8. The number of aromatic hydroxyl groups is 1. The van der Waals surface area contributed by atoms with Crippen LogP contribution in [0.2, 0.25) is 0 Å². The first-order chi connectivity index (χ1) is 5.68. The second-order valence-electron chi connectivity index (χ2n) is 2.29. The maximum atomic E-state index is 9.23. The summed E-state index contributed by atoms with van der Waals surface area (Å²) < 4.78 is 1.41.